The predicted molar refractivity (Wildman–Crippen MR) is 64.2 cm³/mol. The molecule has 106 valence electrons. The van der Waals surface area contributed by atoms with Crippen molar-refractivity contribution < 1.29 is 19.3 Å². The van der Waals surface area contributed by atoms with Crippen LogP contribution in [0.1, 0.15) is 12.6 Å². The monoisotopic (exact) mass is 272 g/mol. The van der Waals surface area contributed by atoms with E-state index in [1.54, 1.807) is 14.2 Å². The number of aromatic amines is 1. The van der Waals surface area contributed by atoms with E-state index in [-0.39, 0.29) is 12.2 Å². The van der Waals surface area contributed by atoms with Gasteiger partial charge in [-0.15, -0.1) is 0 Å². The highest BCUT2D eigenvalue weighted by Crippen LogP contribution is 2.29. The number of aromatic hydroxyl groups is 1. The van der Waals surface area contributed by atoms with Gasteiger partial charge in [0.15, 0.2) is 5.75 Å². The van der Waals surface area contributed by atoms with Gasteiger partial charge in [0, 0.05) is 20.6 Å². The molecule has 1 aliphatic rings. The molecule has 0 amide bonds. The molecule has 0 saturated carbocycles. The molecule has 19 heavy (non-hydrogen) atoms. The summed E-state index contributed by atoms with van der Waals surface area (Å²) in [5.74, 6) is -0.535. The van der Waals surface area contributed by atoms with Gasteiger partial charge in [-0.3, -0.25) is 14.3 Å². The van der Waals surface area contributed by atoms with Crippen LogP contribution in [0.4, 0.5) is 0 Å². The van der Waals surface area contributed by atoms with Crippen molar-refractivity contribution in [2.75, 3.05) is 20.8 Å². The van der Waals surface area contributed by atoms with Crippen LogP contribution in [0, 0.1) is 0 Å². The van der Waals surface area contributed by atoms with Gasteiger partial charge in [-0.2, -0.15) is 0 Å². The molecule has 2 heterocycles. The van der Waals surface area contributed by atoms with Crippen LogP contribution in [0.15, 0.2) is 15.8 Å². The van der Waals surface area contributed by atoms with Crippen LogP contribution in [0.25, 0.3) is 0 Å². The number of methoxy groups -OCH3 is 2. The van der Waals surface area contributed by atoms with Gasteiger partial charge in [-0.25, -0.2) is 4.79 Å². The van der Waals surface area contributed by atoms with Gasteiger partial charge >= 0.3 is 5.69 Å². The van der Waals surface area contributed by atoms with Gasteiger partial charge in [0.1, 0.15) is 12.3 Å². The van der Waals surface area contributed by atoms with Crippen molar-refractivity contribution in [3.05, 3.63) is 27.0 Å². The largest absolute Gasteiger partial charge is 0.502 e. The molecule has 0 radical (unpaired) electrons. The van der Waals surface area contributed by atoms with E-state index in [9.17, 15) is 14.7 Å². The summed E-state index contributed by atoms with van der Waals surface area (Å²) in [5, 5.41) is 9.36. The average molecular weight is 272 g/mol. The second-order valence-corrected chi connectivity index (χ2v) is 4.28. The van der Waals surface area contributed by atoms with Crippen LogP contribution in [-0.4, -0.2) is 47.7 Å². The summed E-state index contributed by atoms with van der Waals surface area (Å²) >= 11 is 0. The number of hydrogen-bond acceptors (Lipinski definition) is 6. The van der Waals surface area contributed by atoms with Gasteiger partial charge in [-0.1, -0.05) is 0 Å². The first-order valence-corrected chi connectivity index (χ1v) is 5.78. The van der Waals surface area contributed by atoms with Crippen LogP contribution >= 0.6 is 0 Å². The zero-order valence-electron chi connectivity index (χ0n) is 10.7. The lowest BCUT2D eigenvalue weighted by molar-refractivity contribution is -0.0619. The minimum atomic E-state index is -0.823. The Labute approximate surface area is 108 Å². The lowest BCUT2D eigenvalue weighted by atomic mass is 10.2. The van der Waals surface area contributed by atoms with Crippen molar-refractivity contribution >= 4 is 0 Å². The fraction of sp³-hybridized carbons (Fsp3) is 0.636. The molecule has 1 aliphatic heterocycles. The number of ether oxygens (including phenoxy) is 3. The molecule has 0 unspecified atom stereocenters. The first kappa shape index (κ1) is 13.8. The average Bonchev–Trinajstić information content (AvgIpc) is 2.77. The maximum Gasteiger partial charge on any atom is 0.330 e. The van der Waals surface area contributed by atoms with Crippen LogP contribution < -0.4 is 11.2 Å². The van der Waals surface area contributed by atoms with Crippen molar-refractivity contribution in [1.29, 1.82) is 0 Å². The Hall–Kier alpha value is -1.64. The predicted octanol–water partition coefficient (Wildman–Crippen LogP) is -0.809. The Balaban J connectivity index is 2.27. The maximum atomic E-state index is 11.7. The molecule has 0 aromatic carbocycles. The van der Waals surface area contributed by atoms with E-state index in [0.29, 0.717) is 13.0 Å². The normalized spacial score (nSPS) is 26.7. The Morgan fingerprint density at radius 1 is 1.53 bits per heavy atom. The molecule has 0 aliphatic carbocycles. The molecule has 0 spiro atoms. The van der Waals surface area contributed by atoms with Gasteiger partial charge in [0.05, 0.1) is 18.9 Å². The van der Waals surface area contributed by atoms with E-state index in [1.807, 2.05) is 4.98 Å². The second-order valence-electron chi connectivity index (χ2n) is 4.28. The second kappa shape index (κ2) is 5.55. The zero-order valence-corrected chi connectivity index (χ0v) is 10.7. The molecule has 8 nitrogen and oxygen atoms in total. The highest BCUT2D eigenvalue weighted by atomic mass is 16.6. The van der Waals surface area contributed by atoms with Gasteiger partial charge in [0.2, 0.25) is 0 Å². The molecule has 0 bridgehead atoms. The van der Waals surface area contributed by atoms with Gasteiger partial charge < -0.3 is 19.3 Å². The SMILES string of the molecule is COC[C@H]1O[C@@H](n2cc(O)c(=O)[nH]c2=O)C[C@@H]1OC. The summed E-state index contributed by atoms with van der Waals surface area (Å²) in [5.41, 5.74) is -1.46. The molecule has 1 aromatic rings. The maximum absolute atomic E-state index is 11.7. The Morgan fingerprint density at radius 2 is 2.26 bits per heavy atom. The van der Waals surface area contributed by atoms with E-state index in [4.69, 9.17) is 14.2 Å². The summed E-state index contributed by atoms with van der Waals surface area (Å²) in [6.07, 6.45) is 0.358. The smallest absolute Gasteiger partial charge is 0.330 e. The summed E-state index contributed by atoms with van der Waals surface area (Å²) in [4.78, 5) is 24.8. The van der Waals surface area contributed by atoms with Gasteiger partial charge in [0.25, 0.3) is 5.56 Å². The third-order valence-electron chi connectivity index (χ3n) is 3.07. The fourth-order valence-electron chi connectivity index (χ4n) is 2.12. The van der Waals surface area contributed by atoms with E-state index < -0.39 is 23.2 Å². The number of H-pyrrole nitrogens is 1. The van der Waals surface area contributed by atoms with Gasteiger partial charge in [-0.05, 0) is 0 Å². The molecule has 1 fully saturated rings. The summed E-state index contributed by atoms with van der Waals surface area (Å²) in [6.45, 7) is 0.332. The number of nitrogens with zero attached hydrogens (tertiary/aromatic N) is 1. The quantitative estimate of drug-likeness (QED) is 0.743. The highest BCUT2D eigenvalue weighted by Gasteiger charge is 2.36. The number of hydrogen-bond donors (Lipinski definition) is 2. The molecule has 8 heteroatoms. The number of aromatic nitrogens is 2. The molecular weight excluding hydrogens is 256 g/mol. The van der Waals surface area contributed by atoms with E-state index in [2.05, 4.69) is 0 Å². The first-order chi connectivity index (χ1) is 9.06. The Kier molecular flexibility index (Phi) is 4.03. The van der Waals surface area contributed by atoms with Crippen molar-refractivity contribution in [3.8, 4) is 5.75 Å². The standard InChI is InChI=1S/C11H16N2O6/c1-17-5-8-7(18-2)3-9(19-8)13-4-6(14)10(15)12-11(13)16/h4,7-9,14H,3,5H2,1-2H3,(H,12,15,16)/t7-,8+,9+/m0/s1. The first-order valence-electron chi connectivity index (χ1n) is 5.78. The Bertz CT molecular complexity index is 551. The van der Waals surface area contributed by atoms with Crippen LogP contribution in [0.3, 0.4) is 0 Å². The minimum Gasteiger partial charge on any atom is -0.502 e. The lowest BCUT2D eigenvalue weighted by Crippen LogP contribution is -2.32. The Morgan fingerprint density at radius 3 is 2.89 bits per heavy atom. The fourth-order valence-corrected chi connectivity index (χ4v) is 2.12. The van der Waals surface area contributed by atoms with E-state index in [1.165, 1.54) is 0 Å². The van der Waals surface area contributed by atoms with Crippen molar-refractivity contribution in [2.45, 2.75) is 24.9 Å². The topological polar surface area (TPSA) is 103 Å². The van der Waals surface area contributed by atoms with Crippen molar-refractivity contribution in [1.82, 2.24) is 9.55 Å². The molecule has 3 atom stereocenters. The summed E-state index contributed by atoms with van der Waals surface area (Å²) in [7, 11) is 3.09. The highest BCUT2D eigenvalue weighted by molar-refractivity contribution is 5.09. The third-order valence-corrected chi connectivity index (χ3v) is 3.07. The lowest BCUT2D eigenvalue weighted by Gasteiger charge is -2.16. The van der Waals surface area contributed by atoms with E-state index >= 15 is 0 Å². The third kappa shape index (κ3) is 2.70. The van der Waals surface area contributed by atoms with Crippen LogP contribution in [0.2, 0.25) is 0 Å². The minimum absolute atomic E-state index is 0.217. The van der Waals surface area contributed by atoms with Crippen molar-refractivity contribution in [2.24, 2.45) is 0 Å². The molecule has 1 saturated heterocycles. The molecular formula is C11H16N2O6. The van der Waals surface area contributed by atoms with E-state index in [0.717, 1.165) is 10.8 Å². The molecule has 1 aromatic heterocycles. The molecule has 2 rings (SSSR count). The summed E-state index contributed by atoms with van der Waals surface area (Å²) in [6, 6.07) is 0. The molecule has 2 N–H and O–H groups in total. The van der Waals surface area contributed by atoms with Crippen molar-refractivity contribution in [3.63, 3.8) is 0 Å². The van der Waals surface area contributed by atoms with Crippen LogP contribution in [-0.2, 0) is 14.2 Å². The summed E-state index contributed by atoms with van der Waals surface area (Å²) < 4.78 is 17.1. The number of nitrogens with one attached hydrogen (secondary N) is 1. The zero-order chi connectivity index (χ0) is 14.0. The number of rotatable bonds is 4. The van der Waals surface area contributed by atoms with Crippen LogP contribution in [0.5, 0.6) is 5.75 Å².